The summed E-state index contributed by atoms with van der Waals surface area (Å²) in [5, 5.41) is 4.05. The summed E-state index contributed by atoms with van der Waals surface area (Å²) in [6.45, 7) is 6.48. The summed E-state index contributed by atoms with van der Waals surface area (Å²) in [4.78, 5) is 7.94. The zero-order chi connectivity index (χ0) is 18.3. The van der Waals surface area contributed by atoms with Crippen LogP contribution in [0, 0.1) is 0 Å². The van der Waals surface area contributed by atoms with E-state index in [0.29, 0.717) is 18.0 Å². The quantitative estimate of drug-likeness (QED) is 0.695. The second-order valence-electron chi connectivity index (χ2n) is 4.59. The highest BCUT2D eigenvalue weighted by atomic mass is 32.2. The minimum absolute atomic E-state index is 0.0585. The van der Waals surface area contributed by atoms with E-state index in [1.165, 1.54) is 24.8 Å². The lowest BCUT2D eigenvalue weighted by atomic mass is 10.2. The van der Waals surface area contributed by atoms with Crippen molar-refractivity contribution in [1.82, 2.24) is 19.2 Å². The van der Waals surface area contributed by atoms with Gasteiger partial charge in [0.2, 0.25) is 0 Å². The summed E-state index contributed by atoms with van der Waals surface area (Å²) in [6, 6.07) is 10.1. The first kappa shape index (κ1) is 18.6. The van der Waals surface area contributed by atoms with Crippen LogP contribution >= 0.6 is 0 Å². The zero-order valence-corrected chi connectivity index (χ0v) is 15.1. The minimum Gasteiger partial charge on any atom is -0.494 e. The highest BCUT2D eigenvalue weighted by molar-refractivity contribution is 7.89. The van der Waals surface area contributed by atoms with E-state index in [-0.39, 0.29) is 4.90 Å². The average Bonchev–Trinajstić information content (AvgIpc) is 3.16. The highest BCUT2D eigenvalue weighted by Gasteiger charge is 2.19. The second kappa shape index (κ2) is 8.39. The molecule has 2 heterocycles. The Hall–Kier alpha value is -2.74. The Bertz CT molecular complexity index is 891. The van der Waals surface area contributed by atoms with Gasteiger partial charge in [-0.2, -0.15) is 8.42 Å². The molecular formula is C17H20N4O3S. The first-order valence-electron chi connectivity index (χ1n) is 7.92. The van der Waals surface area contributed by atoms with E-state index < -0.39 is 10.0 Å². The molecule has 0 unspecified atom stereocenters. The van der Waals surface area contributed by atoms with E-state index in [9.17, 15) is 8.42 Å². The van der Waals surface area contributed by atoms with Crippen LogP contribution in [0.2, 0.25) is 0 Å². The summed E-state index contributed by atoms with van der Waals surface area (Å²) in [5.41, 5.74) is 0.702. The van der Waals surface area contributed by atoms with Gasteiger partial charge < -0.3 is 4.74 Å². The largest absolute Gasteiger partial charge is 0.494 e. The van der Waals surface area contributed by atoms with Gasteiger partial charge in [-0.3, -0.25) is 4.98 Å². The Kier molecular flexibility index (Phi) is 6.24. The molecule has 0 radical (unpaired) electrons. The van der Waals surface area contributed by atoms with E-state index in [2.05, 4.69) is 15.1 Å². The molecule has 0 bridgehead atoms. The number of pyridine rings is 1. The molecule has 3 rings (SSSR count). The molecule has 1 aromatic carbocycles. The molecule has 7 nitrogen and oxygen atoms in total. The molecular weight excluding hydrogens is 340 g/mol. The second-order valence-corrected chi connectivity index (χ2v) is 6.39. The van der Waals surface area contributed by atoms with Crippen LogP contribution in [0.25, 0.3) is 11.4 Å². The van der Waals surface area contributed by atoms with Gasteiger partial charge in [0.25, 0.3) is 10.0 Å². The number of nitrogens with zero attached hydrogens (tertiary/aromatic N) is 4. The van der Waals surface area contributed by atoms with Crippen molar-refractivity contribution in [3.05, 3.63) is 55.1 Å². The van der Waals surface area contributed by atoms with Crippen molar-refractivity contribution in [1.29, 1.82) is 0 Å². The molecule has 25 heavy (non-hydrogen) atoms. The van der Waals surface area contributed by atoms with Gasteiger partial charge in [0.1, 0.15) is 17.0 Å². The van der Waals surface area contributed by atoms with Crippen molar-refractivity contribution >= 4 is 10.0 Å². The zero-order valence-electron chi connectivity index (χ0n) is 14.3. The first-order chi connectivity index (χ1) is 12.1. The lowest BCUT2D eigenvalue weighted by molar-refractivity contribution is 0.340. The van der Waals surface area contributed by atoms with E-state index in [1.807, 2.05) is 20.8 Å². The third kappa shape index (κ3) is 4.21. The summed E-state index contributed by atoms with van der Waals surface area (Å²) < 4.78 is 31.0. The van der Waals surface area contributed by atoms with Crippen molar-refractivity contribution in [2.24, 2.45) is 0 Å². The predicted octanol–water partition coefficient (Wildman–Crippen LogP) is 3.00. The summed E-state index contributed by atoms with van der Waals surface area (Å²) >= 11 is 0. The SMILES string of the molecule is CC.CCOc1ccc(-c2ncn(S(=O)(=O)c3cccnc3)n2)cc1. The van der Waals surface area contributed by atoms with E-state index in [1.54, 1.807) is 30.3 Å². The van der Waals surface area contributed by atoms with Crippen LogP contribution in [0.15, 0.2) is 60.0 Å². The molecule has 0 aliphatic rings. The summed E-state index contributed by atoms with van der Waals surface area (Å²) in [6.07, 6.45) is 3.95. The molecule has 0 amide bonds. The summed E-state index contributed by atoms with van der Waals surface area (Å²) in [7, 11) is -3.79. The fourth-order valence-corrected chi connectivity index (χ4v) is 2.99. The van der Waals surface area contributed by atoms with Crippen molar-refractivity contribution in [2.75, 3.05) is 6.61 Å². The van der Waals surface area contributed by atoms with Gasteiger partial charge in [0, 0.05) is 18.0 Å². The van der Waals surface area contributed by atoms with Gasteiger partial charge in [-0.25, -0.2) is 4.98 Å². The molecule has 0 saturated heterocycles. The lowest BCUT2D eigenvalue weighted by Crippen LogP contribution is -2.13. The fraction of sp³-hybridized carbons (Fsp3) is 0.235. The maximum atomic E-state index is 12.4. The molecule has 0 aliphatic carbocycles. The predicted molar refractivity (Wildman–Crippen MR) is 94.8 cm³/mol. The Morgan fingerprint density at radius 3 is 2.44 bits per heavy atom. The maximum absolute atomic E-state index is 12.4. The number of benzene rings is 1. The Morgan fingerprint density at radius 2 is 1.84 bits per heavy atom. The third-order valence-corrected chi connectivity index (χ3v) is 4.58. The molecule has 0 spiro atoms. The van der Waals surface area contributed by atoms with Crippen LogP contribution in [-0.2, 0) is 10.0 Å². The fourth-order valence-electron chi connectivity index (χ4n) is 1.97. The normalized spacial score (nSPS) is 10.7. The highest BCUT2D eigenvalue weighted by Crippen LogP contribution is 2.20. The third-order valence-electron chi connectivity index (χ3n) is 3.07. The molecule has 0 fully saturated rings. The number of hydrogen-bond acceptors (Lipinski definition) is 6. The molecule has 132 valence electrons. The van der Waals surface area contributed by atoms with Gasteiger partial charge in [-0.05, 0) is 43.3 Å². The van der Waals surface area contributed by atoms with E-state index in [4.69, 9.17) is 4.74 Å². The number of aromatic nitrogens is 4. The van der Waals surface area contributed by atoms with Gasteiger partial charge in [-0.15, -0.1) is 9.19 Å². The van der Waals surface area contributed by atoms with Gasteiger partial charge >= 0.3 is 0 Å². The smallest absolute Gasteiger partial charge is 0.285 e. The first-order valence-corrected chi connectivity index (χ1v) is 9.36. The molecule has 0 saturated carbocycles. The van der Waals surface area contributed by atoms with Crippen molar-refractivity contribution < 1.29 is 13.2 Å². The minimum atomic E-state index is -3.79. The van der Waals surface area contributed by atoms with Gasteiger partial charge in [0.05, 0.1) is 6.61 Å². The standard InChI is InChI=1S/C15H14N4O3S.C2H6/c1-2-22-13-7-5-12(6-8-13)15-17-11-19(18-15)23(20,21)14-4-3-9-16-10-14;1-2/h3-11H,2H2,1H3;1-2H3. The molecule has 2 aromatic heterocycles. The molecule has 3 aromatic rings. The topological polar surface area (TPSA) is 87.0 Å². The van der Waals surface area contributed by atoms with Crippen molar-refractivity contribution in [2.45, 2.75) is 25.7 Å². The molecule has 0 atom stereocenters. The van der Waals surface area contributed by atoms with Crippen LogP contribution in [0.4, 0.5) is 0 Å². The molecule has 0 N–H and O–H groups in total. The van der Waals surface area contributed by atoms with Crippen LogP contribution in [-0.4, -0.2) is 34.2 Å². The molecule has 8 heteroatoms. The Balaban J connectivity index is 0.00000109. The van der Waals surface area contributed by atoms with Crippen LogP contribution in [0.1, 0.15) is 20.8 Å². The Labute approximate surface area is 147 Å². The van der Waals surface area contributed by atoms with Crippen molar-refractivity contribution in [3.63, 3.8) is 0 Å². The Morgan fingerprint density at radius 1 is 1.12 bits per heavy atom. The van der Waals surface area contributed by atoms with Gasteiger partial charge in [0.15, 0.2) is 5.82 Å². The van der Waals surface area contributed by atoms with E-state index >= 15 is 0 Å². The van der Waals surface area contributed by atoms with Crippen LogP contribution in [0.5, 0.6) is 5.75 Å². The summed E-state index contributed by atoms with van der Waals surface area (Å²) in [5.74, 6) is 1.05. The number of ether oxygens (including phenoxy) is 1. The van der Waals surface area contributed by atoms with Crippen LogP contribution < -0.4 is 4.74 Å². The van der Waals surface area contributed by atoms with Crippen molar-refractivity contribution in [3.8, 4) is 17.1 Å². The maximum Gasteiger partial charge on any atom is 0.285 e. The van der Waals surface area contributed by atoms with Gasteiger partial charge in [-0.1, -0.05) is 13.8 Å². The monoisotopic (exact) mass is 360 g/mol. The van der Waals surface area contributed by atoms with E-state index in [0.717, 1.165) is 9.84 Å². The molecule has 0 aliphatic heterocycles. The lowest BCUT2D eigenvalue weighted by Gasteiger charge is -2.03. The number of rotatable bonds is 5. The average molecular weight is 360 g/mol. The van der Waals surface area contributed by atoms with Crippen LogP contribution in [0.3, 0.4) is 0 Å². The number of hydrogen-bond donors (Lipinski definition) is 0.